The van der Waals surface area contributed by atoms with Gasteiger partial charge in [0.15, 0.2) is 9.84 Å². The fraction of sp³-hybridized carbons (Fsp3) is 1.00. The van der Waals surface area contributed by atoms with Crippen molar-refractivity contribution in [3.8, 4) is 0 Å². The Bertz CT molecular complexity index is 275. The minimum absolute atomic E-state index is 0.198. The van der Waals surface area contributed by atoms with E-state index in [2.05, 4.69) is 0 Å². The van der Waals surface area contributed by atoms with Gasteiger partial charge in [0.1, 0.15) is 0 Å². The zero-order chi connectivity index (χ0) is 10.1. The molecule has 13 heavy (non-hydrogen) atoms. The average molecular weight is 207 g/mol. The molecule has 0 spiro atoms. The van der Waals surface area contributed by atoms with Crippen LogP contribution in [-0.2, 0) is 14.6 Å². The van der Waals surface area contributed by atoms with Gasteiger partial charge in [0.25, 0.3) is 0 Å². The summed E-state index contributed by atoms with van der Waals surface area (Å²) < 4.78 is 28.0. The number of nitrogens with two attached hydrogens (primary N) is 1. The fourth-order valence-corrected chi connectivity index (χ4v) is 3.65. The molecule has 0 heterocycles. The number of sulfone groups is 1. The van der Waals surface area contributed by atoms with Gasteiger partial charge in [-0.2, -0.15) is 0 Å². The lowest BCUT2D eigenvalue weighted by Crippen LogP contribution is -2.28. The van der Waals surface area contributed by atoms with Crippen LogP contribution < -0.4 is 5.73 Å². The van der Waals surface area contributed by atoms with Crippen molar-refractivity contribution in [2.45, 2.75) is 18.6 Å². The van der Waals surface area contributed by atoms with Gasteiger partial charge in [-0.25, -0.2) is 8.42 Å². The van der Waals surface area contributed by atoms with Gasteiger partial charge >= 0.3 is 0 Å². The molecule has 0 radical (unpaired) electrons. The monoisotopic (exact) mass is 207 g/mol. The smallest absolute Gasteiger partial charge is 0.153 e. The van der Waals surface area contributed by atoms with Crippen LogP contribution in [0.5, 0.6) is 0 Å². The van der Waals surface area contributed by atoms with Crippen molar-refractivity contribution >= 4 is 9.84 Å². The summed E-state index contributed by atoms with van der Waals surface area (Å²) in [5.41, 5.74) is 5.26. The Morgan fingerprint density at radius 3 is 2.62 bits per heavy atom. The summed E-state index contributed by atoms with van der Waals surface area (Å²) in [6.45, 7) is 2.51. The van der Waals surface area contributed by atoms with Crippen molar-refractivity contribution in [3.05, 3.63) is 0 Å². The summed E-state index contributed by atoms with van der Waals surface area (Å²) in [5, 5.41) is -0.269. The van der Waals surface area contributed by atoms with Crippen molar-refractivity contribution in [1.82, 2.24) is 0 Å². The molecule has 1 rings (SSSR count). The molecule has 1 aliphatic carbocycles. The van der Waals surface area contributed by atoms with Crippen LogP contribution in [0.1, 0.15) is 13.3 Å². The zero-order valence-corrected chi connectivity index (χ0v) is 8.93. The summed E-state index contributed by atoms with van der Waals surface area (Å²) in [4.78, 5) is 0. The third kappa shape index (κ3) is 1.87. The SMILES string of the molecule is CCS(=O)(=O)C1CC1(CN)COC. The van der Waals surface area contributed by atoms with E-state index in [0.717, 1.165) is 0 Å². The summed E-state index contributed by atoms with van der Waals surface area (Å²) in [7, 11) is -1.35. The Hall–Kier alpha value is -0.130. The zero-order valence-electron chi connectivity index (χ0n) is 8.12. The molecule has 2 unspecified atom stereocenters. The number of methoxy groups -OCH3 is 1. The van der Waals surface area contributed by atoms with E-state index in [1.54, 1.807) is 14.0 Å². The molecule has 2 N–H and O–H groups in total. The molecule has 5 heteroatoms. The molecular weight excluding hydrogens is 190 g/mol. The molecule has 0 saturated heterocycles. The van der Waals surface area contributed by atoms with Crippen molar-refractivity contribution in [1.29, 1.82) is 0 Å². The van der Waals surface area contributed by atoms with Crippen LogP contribution in [0.3, 0.4) is 0 Å². The van der Waals surface area contributed by atoms with E-state index in [1.807, 2.05) is 0 Å². The predicted molar refractivity (Wildman–Crippen MR) is 51.2 cm³/mol. The third-order valence-electron chi connectivity index (χ3n) is 2.79. The Balaban J connectivity index is 2.70. The largest absolute Gasteiger partial charge is 0.384 e. The van der Waals surface area contributed by atoms with Gasteiger partial charge in [-0.15, -0.1) is 0 Å². The molecule has 78 valence electrons. The van der Waals surface area contributed by atoms with E-state index < -0.39 is 9.84 Å². The van der Waals surface area contributed by atoms with Crippen LogP contribution in [0, 0.1) is 5.41 Å². The molecule has 1 saturated carbocycles. The van der Waals surface area contributed by atoms with Gasteiger partial charge in [0, 0.05) is 24.8 Å². The third-order valence-corrected chi connectivity index (χ3v) is 5.13. The van der Waals surface area contributed by atoms with E-state index in [0.29, 0.717) is 19.6 Å². The second kappa shape index (κ2) is 3.55. The first-order valence-electron chi connectivity index (χ1n) is 4.43. The first kappa shape index (κ1) is 10.9. The lowest BCUT2D eigenvalue weighted by Gasteiger charge is -2.12. The number of hydrogen-bond donors (Lipinski definition) is 1. The van der Waals surface area contributed by atoms with Crippen LogP contribution in [0.15, 0.2) is 0 Å². The number of ether oxygens (including phenoxy) is 1. The Kier molecular flexibility index (Phi) is 2.99. The molecule has 0 aromatic carbocycles. The molecule has 0 aromatic rings. The summed E-state index contributed by atoms with van der Waals surface area (Å²) >= 11 is 0. The van der Waals surface area contributed by atoms with Crippen LogP contribution in [0.2, 0.25) is 0 Å². The molecule has 2 atom stereocenters. The normalized spacial score (nSPS) is 33.3. The Labute approximate surface area is 79.4 Å². The molecular formula is C8H17NO3S. The van der Waals surface area contributed by atoms with E-state index in [-0.39, 0.29) is 16.4 Å². The molecule has 0 amide bonds. The Morgan fingerprint density at radius 2 is 2.23 bits per heavy atom. The summed E-state index contributed by atoms with van der Waals surface area (Å²) in [5.74, 6) is 0.198. The van der Waals surface area contributed by atoms with Gasteiger partial charge < -0.3 is 10.5 Å². The number of hydrogen-bond acceptors (Lipinski definition) is 4. The lowest BCUT2D eigenvalue weighted by atomic mass is 10.1. The van der Waals surface area contributed by atoms with Crippen LogP contribution in [-0.4, -0.2) is 39.7 Å². The fourth-order valence-electron chi connectivity index (χ4n) is 1.73. The minimum atomic E-state index is -2.93. The van der Waals surface area contributed by atoms with Crippen LogP contribution in [0.4, 0.5) is 0 Å². The molecule has 1 aliphatic rings. The summed E-state index contributed by atoms with van der Waals surface area (Å²) in [6, 6.07) is 0. The highest BCUT2D eigenvalue weighted by Gasteiger charge is 2.59. The molecule has 1 fully saturated rings. The van der Waals surface area contributed by atoms with Gasteiger partial charge in [0.05, 0.1) is 11.9 Å². The summed E-state index contributed by atoms with van der Waals surface area (Å²) in [6.07, 6.45) is 0.660. The maximum absolute atomic E-state index is 11.5. The quantitative estimate of drug-likeness (QED) is 0.677. The van der Waals surface area contributed by atoms with Crippen LogP contribution in [0.25, 0.3) is 0 Å². The van der Waals surface area contributed by atoms with Crippen LogP contribution >= 0.6 is 0 Å². The average Bonchev–Trinajstić information content (AvgIpc) is 2.82. The van der Waals surface area contributed by atoms with E-state index >= 15 is 0 Å². The maximum atomic E-state index is 11.5. The lowest BCUT2D eigenvalue weighted by molar-refractivity contribution is 0.145. The number of rotatable bonds is 5. The van der Waals surface area contributed by atoms with Gasteiger partial charge in [-0.1, -0.05) is 6.92 Å². The van der Waals surface area contributed by atoms with Gasteiger partial charge in [-0.05, 0) is 6.42 Å². The Morgan fingerprint density at radius 1 is 1.62 bits per heavy atom. The van der Waals surface area contributed by atoms with E-state index in [9.17, 15) is 8.42 Å². The van der Waals surface area contributed by atoms with E-state index in [4.69, 9.17) is 10.5 Å². The van der Waals surface area contributed by atoms with Gasteiger partial charge in [-0.3, -0.25) is 0 Å². The van der Waals surface area contributed by atoms with Crippen molar-refractivity contribution < 1.29 is 13.2 Å². The first-order chi connectivity index (χ1) is 6.02. The first-order valence-corrected chi connectivity index (χ1v) is 6.14. The van der Waals surface area contributed by atoms with E-state index in [1.165, 1.54) is 0 Å². The highest BCUT2D eigenvalue weighted by atomic mass is 32.2. The minimum Gasteiger partial charge on any atom is -0.384 e. The standard InChI is InChI=1S/C8H17NO3S/c1-3-13(10,11)7-4-8(7,5-9)6-12-2/h7H,3-6,9H2,1-2H3. The molecule has 0 aliphatic heterocycles. The van der Waals surface area contributed by atoms with Gasteiger partial charge in [0.2, 0.25) is 0 Å². The molecule has 4 nitrogen and oxygen atoms in total. The molecule has 0 aromatic heterocycles. The second-order valence-corrected chi connectivity index (χ2v) is 6.12. The topological polar surface area (TPSA) is 69.4 Å². The van der Waals surface area contributed by atoms with Crippen molar-refractivity contribution in [2.75, 3.05) is 26.0 Å². The highest BCUT2D eigenvalue weighted by molar-refractivity contribution is 7.92. The van der Waals surface area contributed by atoms with Crippen molar-refractivity contribution in [3.63, 3.8) is 0 Å². The maximum Gasteiger partial charge on any atom is 0.153 e. The predicted octanol–water partition coefficient (Wildman–Crippen LogP) is -0.215. The molecule has 0 bridgehead atoms. The van der Waals surface area contributed by atoms with Crippen molar-refractivity contribution in [2.24, 2.45) is 11.1 Å². The highest BCUT2D eigenvalue weighted by Crippen LogP contribution is 2.50. The second-order valence-electron chi connectivity index (χ2n) is 3.64.